The Morgan fingerprint density at radius 2 is 0.833 bits per heavy atom. The largest absolute Gasteiger partial charge is 0.508 e. The van der Waals surface area contributed by atoms with Crippen LogP contribution < -0.4 is 36.1 Å². The van der Waals surface area contributed by atoms with Crippen molar-refractivity contribution in [1.82, 2.24) is 24.9 Å². The fraction of sp³-hybridized carbons (Fsp3) is 0.176. The molecule has 0 radical (unpaired) electrons. The number of halogens is 7. The molecule has 7 N–H and O–H groups in total. The smallest absolute Gasteiger partial charge is 0.272 e. The van der Waals surface area contributed by atoms with Crippen LogP contribution in [0.2, 0.25) is 15.3 Å². The van der Waals surface area contributed by atoms with Gasteiger partial charge in [-0.1, -0.05) is 46.7 Å². The maximum Gasteiger partial charge on any atom is 0.272 e. The number of aromatic nitrogens is 5. The molecule has 0 fully saturated rings. The van der Waals surface area contributed by atoms with E-state index < -0.39 is 9.85 Å². The van der Waals surface area contributed by atoms with E-state index in [0.29, 0.717) is 63.8 Å². The SMILES string of the molecule is Cc1[c-]c(Oc2cc(C)c(N)cc2C)ccn1.Cc1cc(Oc2ccnc(C)c2Br)c(C)cc1N.Cc1cc(Oc2ccncc2Br)c(C)cc1N.Cc1cc([N+](=O)[O-])c(C)cc1O.Cc1cc([N+](=O)[O-])c(C)cc1Oc1ccnc(Cl)c1Br.Clc1ccnc(Cl)c1Br.[CH3-].[W].[W]. The Balaban J connectivity index is 0.000000395. The molecular weight excluding hydrogens is 1890 g/mol. The second-order valence-electron chi connectivity index (χ2n) is 20.5. The third kappa shape index (κ3) is 25.3. The minimum Gasteiger partial charge on any atom is -0.508 e. The topological polar surface area (TPSA) is 286 Å². The zero-order chi connectivity index (χ0) is 69.1. The van der Waals surface area contributed by atoms with Gasteiger partial charge in [0.1, 0.15) is 56.3 Å². The molecule has 5 aromatic heterocycles. The number of ether oxygens (including phenoxy) is 4. The molecule has 10 rings (SSSR count). The first-order valence-corrected chi connectivity index (χ1v) is 31.9. The number of aryl methyl sites for hydroxylation is 12. The Labute approximate surface area is 636 Å². The van der Waals surface area contributed by atoms with Gasteiger partial charge in [-0.05, 0) is 252 Å². The van der Waals surface area contributed by atoms with E-state index in [4.69, 9.17) is 71.0 Å². The Hall–Kier alpha value is -6.78. The molecule has 96 heavy (non-hydrogen) atoms. The van der Waals surface area contributed by atoms with Crippen molar-refractivity contribution >= 4 is 127 Å². The van der Waals surface area contributed by atoms with Gasteiger partial charge in [-0.15, -0.1) is 0 Å². The van der Waals surface area contributed by atoms with E-state index >= 15 is 0 Å². The number of nitro benzene ring substituents is 2. The second-order valence-corrected chi connectivity index (χ2v) is 24.9. The van der Waals surface area contributed by atoms with Crippen LogP contribution >= 0.6 is 98.5 Å². The third-order valence-electron chi connectivity index (χ3n) is 13.1. The molecule has 0 saturated heterocycles. The van der Waals surface area contributed by atoms with Crippen molar-refractivity contribution in [3.05, 3.63) is 262 Å². The number of benzene rings is 5. The number of phenolic OH excluding ortho intramolecular Hbond substituents is 1. The van der Waals surface area contributed by atoms with Crippen LogP contribution in [0.1, 0.15) is 67.0 Å². The van der Waals surface area contributed by atoms with E-state index in [9.17, 15) is 25.3 Å². The molecule has 28 heteroatoms. The average Bonchev–Trinajstić information content (AvgIpc) is 0.852. The molecule has 0 aliphatic rings. The van der Waals surface area contributed by atoms with Crippen LogP contribution in [0.3, 0.4) is 0 Å². The van der Waals surface area contributed by atoms with Crippen molar-refractivity contribution < 1.29 is 76.0 Å². The van der Waals surface area contributed by atoms with Gasteiger partial charge in [-0.2, -0.15) is 12.1 Å². The molecule has 5 heterocycles. The Bertz CT molecular complexity index is 4340. The van der Waals surface area contributed by atoms with Gasteiger partial charge in [0.15, 0.2) is 0 Å². The molecule has 506 valence electrons. The van der Waals surface area contributed by atoms with Gasteiger partial charge in [-0.25, -0.2) is 9.97 Å². The predicted octanol–water partition coefficient (Wildman–Crippen LogP) is 21.5. The van der Waals surface area contributed by atoms with Crippen LogP contribution in [0.25, 0.3) is 0 Å². The van der Waals surface area contributed by atoms with E-state index in [0.717, 1.165) is 99.5 Å². The third-order valence-corrected chi connectivity index (χ3v) is 17.8. The molecular formula is C68H67Br4Cl3N10O9W2-2. The number of nitrogens with two attached hydrogens (primary N) is 3. The van der Waals surface area contributed by atoms with Crippen LogP contribution in [0.4, 0.5) is 28.4 Å². The Morgan fingerprint density at radius 1 is 0.448 bits per heavy atom. The number of hydrogen-bond acceptors (Lipinski definition) is 17. The van der Waals surface area contributed by atoms with Crippen molar-refractivity contribution in [1.29, 1.82) is 0 Å². The summed E-state index contributed by atoms with van der Waals surface area (Å²) in [4.78, 5) is 40.4. The maximum absolute atomic E-state index is 10.9. The fourth-order valence-electron chi connectivity index (χ4n) is 7.76. The molecule has 0 saturated carbocycles. The van der Waals surface area contributed by atoms with Crippen molar-refractivity contribution in [3.8, 4) is 51.7 Å². The van der Waals surface area contributed by atoms with Crippen molar-refractivity contribution in [2.24, 2.45) is 0 Å². The van der Waals surface area contributed by atoms with E-state index in [1.54, 1.807) is 82.9 Å². The van der Waals surface area contributed by atoms with E-state index in [1.165, 1.54) is 24.4 Å². The van der Waals surface area contributed by atoms with Crippen LogP contribution in [-0.4, -0.2) is 39.9 Å². The van der Waals surface area contributed by atoms with Gasteiger partial charge in [0, 0.05) is 132 Å². The molecule has 0 bridgehead atoms. The summed E-state index contributed by atoms with van der Waals surface area (Å²) < 4.78 is 26.2. The van der Waals surface area contributed by atoms with Crippen LogP contribution in [0, 0.1) is 117 Å². The van der Waals surface area contributed by atoms with E-state index in [-0.39, 0.29) is 66.7 Å². The normalized spacial score (nSPS) is 9.91. The summed E-state index contributed by atoms with van der Waals surface area (Å²) in [5.74, 6) is 5.73. The van der Waals surface area contributed by atoms with Crippen molar-refractivity contribution in [2.45, 2.75) is 83.1 Å². The molecule has 5 aromatic carbocycles. The number of nitro groups is 2. The summed E-state index contributed by atoms with van der Waals surface area (Å²) in [6.07, 6.45) is 9.91. The summed E-state index contributed by atoms with van der Waals surface area (Å²) in [5.41, 5.74) is 30.0. The Morgan fingerprint density at radius 3 is 1.29 bits per heavy atom. The number of nitrogen functional groups attached to an aromatic ring is 3. The van der Waals surface area contributed by atoms with E-state index in [1.807, 2.05) is 104 Å². The monoisotopic (exact) mass is 1960 g/mol. The summed E-state index contributed by atoms with van der Waals surface area (Å²) >= 11 is 30.4. The van der Waals surface area contributed by atoms with Gasteiger partial charge < -0.3 is 53.7 Å². The molecule has 10 aromatic rings. The predicted molar refractivity (Wildman–Crippen MR) is 390 cm³/mol. The second kappa shape index (κ2) is 40.2. The van der Waals surface area contributed by atoms with Crippen LogP contribution in [0.15, 0.2) is 146 Å². The Kier molecular flexibility index (Phi) is 35.7. The van der Waals surface area contributed by atoms with Crippen molar-refractivity contribution in [2.75, 3.05) is 17.2 Å². The van der Waals surface area contributed by atoms with Gasteiger partial charge in [0.25, 0.3) is 11.4 Å². The van der Waals surface area contributed by atoms with E-state index in [2.05, 4.69) is 94.7 Å². The number of hydrogen-bond donors (Lipinski definition) is 4. The number of pyridine rings is 5. The molecule has 0 atom stereocenters. The standard InChI is InChI=1S/C14H15BrN2O.C14H15N2O.C13H10BrClN2O3.C13H13BrN2O.C8H9NO3.C5H2BrCl2N.CH3.2W/c1-8-7-13(9(2)6-11(8)16)18-12-4-5-17-10(3)14(12)15;1-9-7-14(10(2)6-13(9)15)17-12-4-5-16-11(3)8-12;1-7-6-11(8(2)5-9(7)17(18)19)20-10-3-4-16-13(15)12(10)14;1-8-6-13(9(2)5-11(8)15)17-12-3-4-16-7-10(12)14;1-5-4-8(10)6(2)3-7(5)9(11)12;6-4-3(7)1-2-9-5(4)8;;;/h4-7H,16H2,1-3H3;4-7H,15H2,1-3H3;3-6H,1-2H3;3-7H,15H2,1-2H3;3-4,10H,1-2H3;1-2H;1H3;;/q;-1;;;;;-1;;. The van der Waals surface area contributed by atoms with Crippen molar-refractivity contribution in [3.63, 3.8) is 0 Å². The molecule has 0 aliphatic carbocycles. The molecule has 0 spiro atoms. The average molecular weight is 1960 g/mol. The zero-order valence-electron chi connectivity index (χ0n) is 54.2. The number of rotatable bonds is 10. The minimum absolute atomic E-state index is 0. The molecule has 0 aliphatic heterocycles. The number of phenols is 1. The summed E-state index contributed by atoms with van der Waals surface area (Å²) in [7, 11) is 0. The molecule has 0 unspecified atom stereocenters. The zero-order valence-corrected chi connectivity index (χ0v) is 68.6. The molecule has 19 nitrogen and oxygen atoms in total. The van der Waals surface area contributed by atoms with Crippen LogP contribution in [0.5, 0.6) is 51.7 Å². The first-order chi connectivity index (χ1) is 43.8. The first-order valence-electron chi connectivity index (χ1n) is 27.6. The first kappa shape index (κ1) is 85.3. The van der Waals surface area contributed by atoms with Gasteiger partial charge >= 0.3 is 0 Å². The fourth-order valence-corrected chi connectivity index (χ4v) is 9.46. The van der Waals surface area contributed by atoms with Crippen LogP contribution in [-0.2, 0) is 42.1 Å². The minimum atomic E-state index is -0.457. The quantitative estimate of drug-likeness (QED) is 0.0325. The van der Waals surface area contributed by atoms with Gasteiger partial charge in [0.05, 0.1) is 38.5 Å². The number of nitrogens with zero attached hydrogens (tertiary/aromatic N) is 7. The summed E-state index contributed by atoms with van der Waals surface area (Å²) in [5, 5.41) is 31.7. The maximum atomic E-state index is 10.9. The number of anilines is 3. The summed E-state index contributed by atoms with van der Waals surface area (Å²) in [6, 6.07) is 29.3. The van der Waals surface area contributed by atoms with Gasteiger partial charge in [0.2, 0.25) is 0 Å². The summed E-state index contributed by atoms with van der Waals surface area (Å²) in [6.45, 7) is 22.3. The van der Waals surface area contributed by atoms with Gasteiger partial charge in [-0.3, -0.25) is 30.2 Å². The number of aromatic hydroxyl groups is 1. The molecule has 0 amide bonds.